The first-order valence-corrected chi connectivity index (χ1v) is 7.57. The van der Waals surface area contributed by atoms with Gasteiger partial charge in [0.15, 0.2) is 0 Å². The lowest BCUT2D eigenvalue weighted by Gasteiger charge is -2.33. The van der Waals surface area contributed by atoms with Gasteiger partial charge in [-0.15, -0.1) is 0 Å². The van der Waals surface area contributed by atoms with E-state index < -0.39 is 0 Å². The number of hydrogen-bond acceptors (Lipinski definition) is 2. The van der Waals surface area contributed by atoms with E-state index >= 15 is 0 Å². The molecule has 100 valence electrons. The van der Waals surface area contributed by atoms with Crippen LogP contribution in [0.3, 0.4) is 0 Å². The molecule has 0 spiro atoms. The molecule has 0 bridgehead atoms. The average molecular weight is 239 g/mol. The molecule has 0 aromatic rings. The van der Waals surface area contributed by atoms with Crippen LogP contribution in [0.1, 0.15) is 71.6 Å². The lowest BCUT2D eigenvalue weighted by molar-refractivity contribution is 0.187. The van der Waals surface area contributed by atoms with Crippen LogP contribution >= 0.6 is 0 Å². The summed E-state index contributed by atoms with van der Waals surface area (Å²) in [6.45, 7) is 5.24. The zero-order chi connectivity index (χ0) is 12.5. The van der Waals surface area contributed by atoms with Crippen LogP contribution in [0.2, 0.25) is 0 Å². The van der Waals surface area contributed by atoms with Crippen LogP contribution in [0.5, 0.6) is 0 Å². The fourth-order valence-corrected chi connectivity index (χ4v) is 3.32. The Bertz CT molecular complexity index is 205. The van der Waals surface area contributed by atoms with E-state index in [0.29, 0.717) is 6.54 Å². The van der Waals surface area contributed by atoms with Crippen LogP contribution in [0.15, 0.2) is 5.18 Å². The van der Waals surface area contributed by atoms with Gasteiger partial charge in [-0.05, 0) is 37.0 Å². The molecule has 3 atom stereocenters. The SMILES string of the molecule is CCCCC(C)C1CCC[C@@H](CCCN=O)C1. The van der Waals surface area contributed by atoms with Gasteiger partial charge in [-0.1, -0.05) is 57.5 Å². The van der Waals surface area contributed by atoms with Crippen molar-refractivity contribution >= 4 is 0 Å². The first kappa shape index (κ1) is 14.7. The summed E-state index contributed by atoms with van der Waals surface area (Å²) in [5.74, 6) is 2.73. The maximum atomic E-state index is 10.1. The Balaban J connectivity index is 2.24. The third-order valence-electron chi connectivity index (χ3n) is 4.50. The summed E-state index contributed by atoms with van der Waals surface area (Å²) in [6.07, 6.45) is 12.0. The fraction of sp³-hybridized carbons (Fsp3) is 1.00. The van der Waals surface area contributed by atoms with Crippen molar-refractivity contribution in [2.24, 2.45) is 22.9 Å². The minimum atomic E-state index is 0.520. The smallest absolute Gasteiger partial charge is 0.0811 e. The van der Waals surface area contributed by atoms with Gasteiger partial charge in [0, 0.05) is 0 Å². The number of nitrogens with zero attached hydrogens (tertiary/aromatic N) is 1. The van der Waals surface area contributed by atoms with Crippen LogP contribution in [0, 0.1) is 22.7 Å². The molecule has 1 rings (SSSR count). The summed E-state index contributed by atoms with van der Waals surface area (Å²) >= 11 is 0. The lowest BCUT2D eigenvalue weighted by atomic mass is 9.73. The summed E-state index contributed by atoms with van der Waals surface area (Å²) in [5, 5.41) is 2.96. The van der Waals surface area contributed by atoms with Crippen molar-refractivity contribution in [3.05, 3.63) is 4.91 Å². The molecule has 1 aliphatic rings. The van der Waals surface area contributed by atoms with Gasteiger partial charge in [0.1, 0.15) is 0 Å². The van der Waals surface area contributed by atoms with E-state index in [4.69, 9.17) is 0 Å². The minimum absolute atomic E-state index is 0.520. The molecular formula is C15H29NO. The first-order valence-electron chi connectivity index (χ1n) is 7.57. The van der Waals surface area contributed by atoms with Gasteiger partial charge in [-0.25, -0.2) is 0 Å². The van der Waals surface area contributed by atoms with E-state index in [0.717, 1.165) is 24.2 Å². The highest BCUT2D eigenvalue weighted by Gasteiger charge is 2.25. The minimum Gasteiger partial charge on any atom is -0.151 e. The largest absolute Gasteiger partial charge is 0.151 e. The van der Waals surface area contributed by atoms with Crippen molar-refractivity contribution < 1.29 is 0 Å². The molecule has 0 heterocycles. The third-order valence-corrected chi connectivity index (χ3v) is 4.50. The van der Waals surface area contributed by atoms with Gasteiger partial charge in [0.05, 0.1) is 6.54 Å². The van der Waals surface area contributed by atoms with Crippen molar-refractivity contribution in [2.45, 2.75) is 71.6 Å². The Labute approximate surface area is 107 Å². The molecule has 0 aliphatic heterocycles. The Hall–Kier alpha value is -0.400. The molecule has 0 radical (unpaired) electrons. The van der Waals surface area contributed by atoms with Gasteiger partial charge < -0.3 is 0 Å². The topological polar surface area (TPSA) is 29.4 Å². The molecule has 1 saturated carbocycles. The van der Waals surface area contributed by atoms with Crippen molar-refractivity contribution in [3.63, 3.8) is 0 Å². The van der Waals surface area contributed by atoms with E-state index in [-0.39, 0.29) is 0 Å². The third kappa shape index (κ3) is 5.65. The summed E-state index contributed by atoms with van der Waals surface area (Å²) in [7, 11) is 0. The average Bonchev–Trinajstić information content (AvgIpc) is 2.36. The van der Waals surface area contributed by atoms with Crippen LogP contribution in [0.25, 0.3) is 0 Å². The quantitative estimate of drug-likeness (QED) is 0.424. The highest BCUT2D eigenvalue weighted by Crippen LogP contribution is 2.37. The summed E-state index contributed by atoms with van der Waals surface area (Å²) in [5.41, 5.74) is 0. The number of unbranched alkanes of at least 4 members (excludes halogenated alkanes) is 1. The Morgan fingerprint density at radius 3 is 2.82 bits per heavy atom. The van der Waals surface area contributed by atoms with Crippen LogP contribution < -0.4 is 0 Å². The second-order valence-electron chi connectivity index (χ2n) is 5.91. The maximum absolute atomic E-state index is 10.1. The highest BCUT2D eigenvalue weighted by molar-refractivity contribution is 4.77. The van der Waals surface area contributed by atoms with Gasteiger partial charge in [0.2, 0.25) is 0 Å². The fourth-order valence-electron chi connectivity index (χ4n) is 3.32. The molecule has 2 nitrogen and oxygen atoms in total. The highest BCUT2D eigenvalue weighted by atomic mass is 16.3. The standard InChI is InChI=1S/C15H29NO/c1-3-4-7-13(2)15-10-5-8-14(12-15)9-6-11-16-17/h13-15H,3-12H2,1-2H3/t13?,14-,15?/m0/s1. The molecule has 0 aromatic heterocycles. The van der Waals surface area contributed by atoms with E-state index in [9.17, 15) is 4.91 Å². The Kier molecular flexibility index (Phi) is 7.46. The van der Waals surface area contributed by atoms with Gasteiger partial charge in [-0.2, -0.15) is 4.91 Å². The monoisotopic (exact) mass is 239 g/mol. The van der Waals surface area contributed by atoms with Crippen molar-refractivity contribution in [1.29, 1.82) is 0 Å². The molecular weight excluding hydrogens is 210 g/mol. The molecule has 2 heteroatoms. The summed E-state index contributed by atoms with van der Waals surface area (Å²) in [4.78, 5) is 10.1. The molecule has 1 fully saturated rings. The van der Waals surface area contributed by atoms with Gasteiger partial charge >= 0.3 is 0 Å². The zero-order valence-electron chi connectivity index (χ0n) is 11.7. The summed E-state index contributed by atoms with van der Waals surface area (Å²) < 4.78 is 0. The van der Waals surface area contributed by atoms with Crippen molar-refractivity contribution in [2.75, 3.05) is 6.54 Å². The van der Waals surface area contributed by atoms with E-state index in [1.165, 1.54) is 51.4 Å². The van der Waals surface area contributed by atoms with Gasteiger partial charge in [-0.3, -0.25) is 0 Å². The Morgan fingerprint density at radius 2 is 2.12 bits per heavy atom. The maximum Gasteiger partial charge on any atom is 0.0811 e. The second kappa shape index (κ2) is 8.66. The van der Waals surface area contributed by atoms with Gasteiger partial charge in [0.25, 0.3) is 0 Å². The molecule has 2 unspecified atom stereocenters. The molecule has 1 aliphatic carbocycles. The zero-order valence-corrected chi connectivity index (χ0v) is 11.7. The predicted octanol–water partition coefficient (Wildman–Crippen LogP) is 5.17. The van der Waals surface area contributed by atoms with Crippen molar-refractivity contribution in [3.8, 4) is 0 Å². The normalized spacial score (nSPS) is 26.7. The number of rotatable bonds is 8. The van der Waals surface area contributed by atoms with Crippen LogP contribution in [-0.4, -0.2) is 6.54 Å². The molecule has 17 heavy (non-hydrogen) atoms. The second-order valence-corrected chi connectivity index (χ2v) is 5.91. The molecule has 0 amide bonds. The van der Waals surface area contributed by atoms with Crippen LogP contribution in [-0.2, 0) is 0 Å². The predicted molar refractivity (Wildman–Crippen MR) is 74.0 cm³/mol. The van der Waals surface area contributed by atoms with Crippen LogP contribution in [0.4, 0.5) is 0 Å². The molecule has 0 aromatic carbocycles. The summed E-state index contributed by atoms with van der Waals surface area (Å²) in [6, 6.07) is 0. The lowest BCUT2D eigenvalue weighted by Crippen LogP contribution is -2.21. The van der Waals surface area contributed by atoms with E-state index in [2.05, 4.69) is 19.0 Å². The molecule has 0 N–H and O–H groups in total. The van der Waals surface area contributed by atoms with E-state index in [1.807, 2.05) is 0 Å². The number of hydrogen-bond donors (Lipinski definition) is 0. The first-order chi connectivity index (χ1) is 8.27. The van der Waals surface area contributed by atoms with Crippen molar-refractivity contribution in [1.82, 2.24) is 0 Å². The Morgan fingerprint density at radius 1 is 1.29 bits per heavy atom. The van der Waals surface area contributed by atoms with E-state index in [1.54, 1.807) is 0 Å². The number of nitroso groups, excluding NO2 is 1. The molecule has 0 saturated heterocycles.